The number of carboxylic acids is 1. The van der Waals surface area contributed by atoms with Gasteiger partial charge in [0.25, 0.3) is 5.91 Å². The molecule has 26 heavy (non-hydrogen) atoms. The van der Waals surface area contributed by atoms with Crippen molar-refractivity contribution in [3.8, 4) is 5.75 Å². The normalized spacial score (nSPS) is 16.7. The Morgan fingerprint density at radius 1 is 1.15 bits per heavy atom. The van der Waals surface area contributed by atoms with Crippen LogP contribution in [0.3, 0.4) is 0 Å². The van der Waals surface area contributed by atoms with E-state index in [-0.39, 0.29) is 23.8 Å². The van der Waals surface area contributed by atoms with Crippen molar-refractivity contribution >= 4 is 29.2 Å². The van der Waals surface area contributed by atoms with Crippen LogP contribution in [0, 0.1) is 0 Å². The van der Waals surface area contributed by atoms with Gasteiger partial charge in [-0.2, -0.15) is 0 Å². The molecule has 0 aromatic heterocycles. The maximum atomic E-state index is 12.6. The van der Waals surface area contributed by atoms with Gasteiger partial charge in [0.15, 0.2) is 0 Å². The Morgan fingerprint density at radius 3 is 2.38 bits per heavy atom. The minimum Gasteiger partial charge on any atom is -0.494 e. The zero-order valence-corrected chi connectivity index (χ0v) is 14.1. The van der Waals surface area contributed by atoms with Gasteiger partial charge in [-0.15, -0.1) is 0 Å². The number of imide groups is 1. The summed E-state index contributed by atoms with van der Waals surface area (Å²) in [5, 5.41) is 12.0. The predicted molar refractivity (Wildman–Crippen MR) is 95.5 cm³/mol. The Morgan fingerprint density at radius 2 is 1.81 bits per heavy atom. The van der Waals surface area contributed by atoms with E-state index in [4.69, 9.17) is 9.84 Å². The van der Waals surface area contributed by atoms with Crippen molar-refractivity contribution in [2.24, 2.45) is 0 Å². The van der Waals surface area contributed by atoms with Crippen molar-refractivity contribution in [2.75, 3.05) is 16.8 Å². The topological polar surface area (TPSA) is 95.9 Å². The number of nitrogens with one attached hydrogen (secondary N) is 1. The van der Waals surface area contributed by atoms with Gasteiger partial charge in [0.2, 0.25) is 5.91 Å². The molecule has 0 saturated carbocycles. The van der Waals surface area contributed by atoms with E-state index >= 15 is 0 Å². The summed E-state index contributed by atoms with van der Waals surface area (Å²) in [6.07, 6.45) is 0.0345. The van der Waals surface area contributed by atoms with E-state index in [1.807, 2.05) is 6.92 Å². The highest BCUT2D eigenvalue weighted by Gasteiger charge is 2.39. The molecule has 1 fully saturated rings. The Balaban J connectivity index is 1.73. The highest BCUT2D eigenvalue weighted by Crippen LogP contribution is 2.26. The minimum atomic E-state index is -1.06. The minimum absolute atomic E-state index is 0.0345. The van der Waals surface area contributed by atoms with Gasteiger partial charge in [-0.3, -0.25) is 9.59 Å². The van der Waals surface area contributed by atoms with E-state index in [1.165, 1.54) is 24.3 Å². The summed E-state index contributed by atoms with van der Waals surface area (Å²) >= 11 is 0. The third kappa shape index (κ3) is 3.51. The van der Waals surface area contributed by atoms with Gasteiger partial charge < -0.3 is 15.2 Å². The van der Waals surface area contributed by atoms with E-state index in [0.717, 1.165) is 10.6 Å². The number of ether oxygens (including phenoxy) is 1. The lowest BCUT2D eigenvalue weighted by Gasteiger charge is -2.16. The van der Waals surface area contributed by atoms with Gasteiger partial charge in [0.1, 0.15) is 11.8 Å². The standard InChI is InChI=1S/C19H18N2O5/c1-2-26-15-9-5-13(6-10-15)20-16-11-17(22)21(18(16)23)14-7-3-12(4-8-14)19(24)25/h3-10,16,20H,2,11H2,1H3,(H,24,25). The van der Waals surface area contributed by atoms with Crippen LogP contribution < -0.4 is 15.0 Å². The average Bonchev–Trinajstić information content (AvgIpc) is 2.90. The maximum Gasteiger partial charge on any atom is 0.335 e. The number of aromatic carboxylic acids is 1. The molecule has 0 aliphatic carbocycles. The number of hydrogen-bond acceptors (Lipinski definition) is 5. The molecule has 1 aliphatic rings. The van der Waals surface area contributed by atoms with Gasteiger partial charge in [-0.05, 0) is 55.5 Å². The molecule has 1 heterocycles. The largest absolute Gasteiger partial charge is 0.494 e. The molecule has 7 nitrogen and oxygen atoms in total. The van der Waals surface area contributed by atoms with Crippen molar-refractivity contribution in [1.29, 1.82) is 0 Å². The van der Waals surface area contributed by atoms with Crippen molar-refractivity contribution in [2.45, 2.75) is 19.4 Å². The van der Waals surface area contributed by atoms with E-state index in [1.54, 1.807) is 24.3 Å². The van der Waals surface area contributed by atoms with Crippen LogP contribution in [-0.2, 0) is 9.59 Å². The Hall–Kier alpha value is -3.35. The lowest BCUT2D eigenvalue weighted by molar-refractivity contribution is -0.121. The number of carboxylic acid groups (broad SMARTS) is 1. The number of nitrogens with zero attached hydrogens (tertiary/aromatic N) is 1. The monoisotopic (exact) mass is 354 g/mol. The van der Waals surface area contributed by atoms with E-state index in [9.17, 15) is 14.4 Å². The van der Waals surface area contributed by atoms with Gasteiger partial charge >= 0.3 is 5.97 Å². The van der Waals surface area contributed by atoms with Crippen molar-refractivity contribution in [3.63, 3.8) is 0 Å². The molecular formula is C19H18N2O5. The van der Waals surface area contributed by atoms with Crippen LogP contribution in [0.2, 0.25) is 0 Å². The van der Waals surface area contributed by atoms with E-state index in [0.29, 0.717) is 18.0 Å². The van der Waals surface area contributed by atoms with Crippen molar-refractivity contribution in [3.05, 3.63) is 54.1 Å². The number of hydrogen-bond donors (Lipinski definition) is 2. The van der Waals surface area contributed by atoms with Crippen LogP contribution >= 0.6 is 0 Å². The quantitative estimate of drug-likeness (QED) is 0.774. The molecule has 2 N–H and O–H groups in total. The first kappa shape index (κ1) is 17.5. The summed E-state index contributed by atoms with van der Waals surface area (Å²) in [4.78, 5) is 36.9. The fraction of sp³-hybridized carbons (Fsp3) is 0.211. The second-order valence-electron chi connectivity index (χ2n) is 5.78. The fourth-order valence-corrected chi connectivity index (χ4v) is 2.78. The summed E-state index contributed by atoms with van der Waals surface area (Å²) in [6.45, 7) is 2.46. The molecule has 1 saturated heterocycles. The molecule has 2 aromatic carbocycles. The molecule has 1 aliphatic heterocycles. The molecule has 0 bridgehead atoms. The second-order valence-corrected chi connectivity index (χ2v) is 5.78. The number of anilines is 2. The van der Waals surface area contributed by atoms with Crippen LogP contribution in [0.25, 0.3) is 0 Å². The second kappa shape index (κ2) is 7.26. The lowest BCUT2D eigenvalue weighted by atomic mass is 10.2. The van der Waals surface area contributed by atoms with Crippen LogP contribution in [0.1, 0.15) is 23.7 Å². The first-order chi connectivity index (χ1) is 12.5. The lowest BCUT2D eigenvalue weighted by Crippen LogP contribution is -2.34. The third-order valence-electron chi connectivity index (χ3n) is 4.03. The van der Waals surface area contributed by atoms with Crippen LogP contribution in [0.4, 0.5) is 11.4 Å². The molecule has 1 unspecified atom stereocenters. The van der Waals surface area contributed by atoms with Crippen LogP contribution in [0.5, 0.6) is 5.75 Å². The van der Waals surface area contributed by atoms with Crippen LogP contribution in [-0.4, -0.2) is 35.5 Å². The predicted octanol–water partition coefficient (Wildman–Crippen LogP) is 2.53. The van der Waals surface area contributed by atoms with Gasteiger partial charge in [0.05, 0.1) is 24.3 Å². The van der Waals surface area contributed by atoms with Crippen LogP contribution in [0.15, 0.2) is 48.5 Å². The summed E-state index contributed by atoms with van der Waals surface area (Å²) in [7, 11) is 0. The molecule has 3 rings (SSSR count). The molecular weight excluding hydrogens is 336 g/mol. The summed E-state index contributed by atoms with van der Waals surface area (Å²) in [6, 6.07) is 12.1. The SMILES string of the molecule is CCOc1ccc(NC2CC(=O)N(c3ccc(C(=O)O)cc3)C2=O)cc1. The van der Waals surface area contributed by atoms with Gasteiger partial charge in [0, 0.05) is 5.69 Å². The summed E-state index contributed by atoms with van der Waals surface area (Å²) in [5.74, 6) is -1.04. The van der Waals surface area contributed by atoms with Crippen molar-refractivity contribution < 1.29 is 24.2 Å². The number of benzene rings is 2. The number of carbonyl (C=O) groups is 3. The fourth-order valence-electron chi connectivity index (χ4n) is 2.78. The van der Waals surface area contributed by atoms with Gasteiger partial charge in [-0.25, -0.2) is 9.69 Å². The molecule has 0 radical (unpaired) electrons. The molecule has 2 aromatic rings. The third-order valence-corrected chi connectivity index (χ3v) is 4.03. The Bertz CT molecular complexity index is 830. The zero-order valence-electron chi connectivity index (χ0n) is 14.1. The number of amides is 2. The number of carbonyl (C=O) groups excluding carboxylic acids is 2. The smallest absolute Gasteiger partial charge is 0.335 e. The highest BCUT2D eigenvalue weighted by molar-refractivity contribution is 6.23. The van der Waals surface area contributed by atoms with E-state index in [2.05, 4.69) is 5.32 Å². The Kier molecular flexibility index (Phi) is 4.88. The van der Waals surface area contributed by atoms with E-state index < -0.39 is 12.0 Å². The first-order valence-corrected chi connectivity index (χ1v) is 8.19. The number of rotatable bonds is 6. The molecule has 1 atom stereocenters. The molecule has 2 amide bonds. The highest BCUT2D eigenvalue weighted by atomic mass is 16.5. The van der Waals surface area contributed by atoms with Gasteiger partial charge in [-0.1, -0.05) is 0 Å². The molecule has 0 spiro atoms. The summed E-state index contributed by atoms with van der Waals surface area (Å²) < 4.78 is 5.37. The average molecular weight is 354 g/mol. The molecule has 134 valence electrons. The first-order valence-electron chi connectivity index (χ1n) is 8.19. The molecule has 7 heteroatoms. The Labute approximate surface area is 150 Å². The summed E-state index contributed by atoms with van der Waals surface area (Å²) in [5.41, 5.74) is 1.17. The maximum absolute atomic E-state index is 12.6. The zero-order chi connectivity index (χ0) is 18.7. The van der Waals surface area contributed by atoms with Crippen molar-refractivity contribution in [1.82, 2.24) is 0 Å².